The van der Waals surface area contributed by atoms with Gasteiger partial charge in [0.2, 0.25) is 5.91 Å². The fourth-order valence-electron chi connectivity index (χ4n) is 2.44. The molecule has 1 aliphatic rings. The SMILES string of the molecule is CCN(CC)CCOC1CCN(C(=O)C(N)COC)C1. The fraction of sp³-hybridized carbons (Fsp3) is 0.929. The number of ether oxygens (including phenoxy) is 2. The largest absolute Gasteiger partial charge is 0.383 e. The van der Waals surface area contributed by atoms with Crippen LogP contribution in [0.4, 0.5) is 0 Å². The predicted molar refractivity (Wildman–Crippen MR) is 78.6 cm³/mol. The second-order valence-electron chi connectivity index (χ2n) is 5.15. The average molecular weight is 287 g/mol. The van der Waals surface area contributed by atoms with E-state index in [0.29, 0.717) is 6.54 Å². The Labute approximate surface area is 122 Å². The molecule has 6 heteroatoms. The van der Waals surface area contributed by atoms with Gasteiger partial charge in [-0.05, 0) is 19.5 Å². The first-order chi connectivity index (χ1) is 9.62. The van der Waals surface area contributed by atoms with Crippen molar-refractivity contribution in [1.29, 1.82) is 0 Å². The van der Waals surface area contributed by atoms with Crippen LogP contribution in [0.15, 0.2) is 0 Å². The Balaban J connectivity index is 2.24. The van der Waals surface area contributed by atoms with Crippen LogP contribution in [-0.2, 0) is 14.3 Å². The molecule has 0 bridgehead atoms. The van der Waals surface area contributed by atoms with Crippen LogP contribution in [-0.4, -0.2) is 80.9 Å². The molecule has 20 heavy (non-hydrogen) atoms. The number of carbonyl (C=O) groups is 1. The summed E-state index contributed by atoms with van der Waals surface area (Å²) in [6.45, 7) is 9.69. The zero-order chi connectivity index (χ0) is 15.0. The summed E-state index contributed by atoms with van der Waals surface area (Å²) in [4.78, 5) is 16.1. The zero-order valence-corrected chi connectivity index (χ0v) is 13.0. The van der Waals surface area contributed by atoms with E-state index in [0.717, 1.165) is 39.2 Å². The summed E-state index contributed by atoms with van der Waals surface area (Å²) >= 11 is 0. The van der Waals surface area contributed by atoms with Crippen LogP contribution in [0.5, 0.6) is 0 Å². The molecule has 0 aromatic carbocycles. The highest BCUT2D eigenvalue weighted by atomic mass is 16.5. The van der Waals surface area contributed by atoms with E-state index in [2.05, 4.69) is 18.7 Å². The Morgan fingerprint density at radius 3 is 2.75 bits per heavy atom. The summed E-state index contributed by atoms with van der Waals surface area (Å²) in [6.07, 6.45) is 1.04. The van der Waals surface area contributed by atoms with Crippen molar-refractivity contribution < 1.29 is 14.3 Å². The third-order valence-corrected chi connectivity index (χ3v) is 3.78. The number of hydrogen-bond acceptors (Lipinski definition) is 5. The lowest BCUT2D eigenvalue weighted by Gasteiger charge is -2.21. The van der Waals surface area contributed by atoms with E-state index in [-0.39, 0.29) is 18.6 Å². The molecule has 1 amide bonds. The molecule has 118 valence electrons. The van der Waals surface area contributed by atoms with Crippen molar-refractivity contribution in [2.24, 2.45) is 5.73 Å². The maximum absolute atomic E-state index is 12.0. The van der Waals surface area contributed by atoms with Gasteiger partial charge >= 0.3 is 0 Å². The highest BCUT2D eigenvalue weighted by molar-refractivity contribution is 5.82. The van der Waals surface area contributed by atoms with Gasteiger partial charge in [-0.1, -0.05) is 13.8 Å². The Morgan fingerprint density at radius 1 is 1.45 bits per heavy atom. The summed E-state index contributed by atoms with van der Waals surface area (Å²) in [7, 11) is 1.55. The minimum atomic E-state index is -0.561. The van der Waals surface area contributed by atoms with E-state index in [1.165, 1.54) is 0 Å². The van der Waals surface area contributed by atoms with Crippen LogP contribution in [0.3, 0.4) is 0 Å². The summed E-state index contributed by atoms with van der Waals surface area (Å²) in [5, 5.41) is 0. The molecule has 0 saturated carbocycles. The molecular formula is C14H29N3O3. The van der Waals surface area contributed by atoms with Crippen molar-refractivity contribution in [3.8, 4) is 0 Å². The van der Waals surface area contributed by atoms with Gasteiger partial charge in [-0.3, -0.25) is 4.79 Å². The summed E-state index contributed by atoms with van der Waals surface area (Å²) in [6, 6.07) is -0.561. The predicted octanol–water partition coefficient (Wildman–Crippen LogP) is -0.0806. The quantitative estimate of drug-likeness (QED) is 0.642. The fourth-order valence-corrected chi connectivity index (χ4v) is 2.44. The Morgan fingerprint density at radius 2 is 2.15 bits per heavy atom. The van der Waals surface area contributed by atoms with Gasteiger partial charge in [0.1, 0.15) is 6.04 Å². The monoisotopic (exact) mass is 287 g/mol. The van der Waals surface area contributed by atoms with Crippen LogP contribution in [0.1, 0.15) is 20.3 Å². The molecule has 0 aromatic heterocycles. The van der Waals surface area contributed by atoms with Crippen molar-refractivity contribution in [2.45, 2.75) is 32.4 Å². The number of methoxy groups -OCH3 is 1. The molecule has 6 nitrogen and oxygen atoms in total. The lowest BCUT2D eigenvalue weighted by Crippen LogP contribution is -2.45. The van der Waals surface area contributed by atoms with Gasteiger partial charge in [-0.15, -0.1) is 0 Å². The third-order valence-electron chi connectivity index (χ3n) is 3.78. The number of likely N-dealkylation sites (tertiary alicyclic amines) is 1. The highest BCUT2D eigenvalue weighted by Crippen LogP contribution is 2.13. The average Bonchev–Trinajstić information content (AvgIpc) is 2.92. The zero-order valence-electron chi connectivity index (χ0n) is 13.0. The summed E-state index contributed by atoms with van der Waals surface area (Å²) in [5.41, 5.74) is 5.77. The number of rotatable bonds is 9. The van der Waals surface area contributed by atoms with Crippen molar-refractivity contribution in [3.05, 3.63) is 0 Å². The maximum atomic E-state index is 12.0. The molecule has 0 radical (unpaired) electrons. The molecule has 0 aliphatic carbocycles. The summed E-state index contributed by atoms with van der Waals surface area (Å²) in [5.74, 6) is -0.0401. The summed E-state index contributed by atoms with van der Waals surface area (Å²) < 4.78 is 10.8. The Kier molecular flexibility index (Phi) is 8.06. The lowest BCUT2D eigenvalue weighted by molar-refractivity contribution is -0.133. The second kappa shape index (κ2) is 9.28. The molecule has 0 spiro atoms. The molecule has 1 fully saturated rings. The first-order valence-electron chi connectivity index (χ1n) is 7.49. The number of hydrogen-bond donors (Lipinski definition) is 1. The van der Waals surface area contributed by atoms with Crippen molar-refractivity contribution >= 4 is 5.91 Å². The first kappa shape index (κ1) is 17.4. The minimum Gasteiger partial charge on any atom is -0.383 e. The molecule has 2 N–H and O–H groups in total. The molecule has 1 rings (SSSR count). The van der Waals surface area contributed by atoms with Crippen LogP contribution < -0.4 is 5.73 Å². The van der Waals surface area contributed by atoms with E-state index in [1.54, 1.807) is 12.0 Å². The van der Waals surface area contributed by atoms with Crippen LogP contribution in [0.2, 0.25) is 0 Å². The van der Waals surface area contributed by atoms with Gasteiger partial charge in [0.05, 0.1) is 19.3 Å². The van der Waals surface area contributed by atoms with E-state index >= 15 is 0 Å². The van der Waals surface area contributed by atoms with E-state index in [4.69, 9.17) is 15.2 Å². The van der Waals surface area contributed by atoms with E-state index in [1.807, 2.05) is 0 Å². The van der Waals surface area contributed by atoms with Crippen LogP contribution >= 0.6 is 0 Å². The Bertz CT molecular complexity index is 285. The van der Waals surface area contributed by atoms with Gasteiger partial charge in [-0.25, -0.2) is 0 Å². The first-order valence-corrected chi connectivity index (χ1v) is 7.49. The van der Waals surface area contributed by atoms with Gasteiger partial charge < -0.3 is 25.0 Å². The standard InChI is InChI=1S/C14H29N3O3/c1-4-16(5-2)8-9-20-12-6-7-17(10-12)14(18)13(15)11-19-3/h12-13H,4-11,15H2,1-3H3. The minimum absolute atomic E-state index is 0.0401. The molecule has 0 aromatic rings. The van der Waals surface area contributed by atoms with Crippen LogP contribution in [0, 0.1) is 0 Å². The number of nitrogens with two attached hydrogens (primary N) is 1. The smallest absolute Gasteiger partial charge is 0.241 e. The molecule has 1 saturated heterocycles. The lowest BCUT2D eigenvalue weighted by atomic mass is 10.3. The second-order valence-corrected chi connectivity index (χ2v) is 5.15. The molecular weight excluding hydrogens is 258 g/mol. The molecule has 2 unspecified atom stereocenters. The maximum Gasteiger partial charge on any atom is 0.241 e. The third kappa shape index (κ3) is 5.36. The van der Waals surface area contributed by atoms with E-state index < -0.39 is 6.04 Å². The topological polar surface area (TPSA) is 68.0 Å². The normalized spacial score (nSPS) is 20.6. The van der Waals surface area contributed by atoms with Gasteiger partial charge in [0, 0.05) is 26.7 Å². The van der Waals surface area contributed by atoms with E-state index in [9.17, 15) is 4.79 Å². The van der Waals surface area contributed by atoms with Gasteiger partial charge in [0.25, 0.3) is 0 Å². The van der Waals surface area contributed by atoms with Gasteiger partial charge in [0.15, 0.2) is 0 Å². The number of amides is 1. The molecule has 1 heterocycles. The number of nitrogens with zero attached hydrogens (tertiary/aromatic N) is 2. The van der Waals surface area contributed by atoms with Crippen molar-refractivity contribution in [3.63, 3.8) is 0 Å². The highest BCUT2D eigenvalue weighted by Gasteiger charge is 2.29. The molecule has 1 aliphatic heterocycles. The van der Waals surface area contributed by atoms with Crippen LogP contribution in [0.25, 0.3) is 0 Å². The Hall–Kier alpha value is -0.690. The van der Waals surface area contributed by atoms with Gasteiger partial charge in [-0.2, -0.15) is 0 Å². The number of carbonyl (C=O) groups excluding carboxylic acids is 1. The number of likely N-dealkylation sites (N-methyl/N-ethyl adjacent to an activating group) is 1. The molecule has 2 atom stereocenters. The van der Waals surface area contributed by atoms with Crippen molar-refractivity contribution in [2.75, 3.05) is 53.0 Å². The van der Waals surface area contributed by atoms with Crippen molar-refractivity contribution in [1.82, 2.24) is 9.80 Å².